The fourth-order valence-electron chi connectivity index (χ4n) is 2.88. The molecule has 0 aromatic heterocycles. The number of fused-ring (bicyclic) bond motifs is 1. The van der Waals surface area contributed by atoms with Crippen LogP contribution < -0.4 is 0 Å². The van der Waals surface area contributed by atoms with Gasteiger partial charge >= 0.3 is 5.97 Å². The van der Waals surface area contributed by atoms with Gasteiger partial charge in [-0.15, -0.1) is 0 Å². The number of esters is 1. The average Bonchev–Trinajstić information content (AvgIpc) is 2.62. The van der Waals surface area contributed by atoms with Crippen molar-refractivity contribution < 1.29 is 24.5 Å². The van der Waals surface area contributed by atoms with Crippen molar-refractivity contribution in [2.24, 2.45) is 11.3 Å². The molecule has 0 radical (unpaired) electrons. The fourth-order valence-corrected chi connectivity index (χ4v) is 2.88. The molecule has 15 heavy (non-hydrogen) atoms. The van der Waals surface area contributed by atoms with Crippen molar-refractivity contribution in [2.75, 3.05) is 0 Å². The van der Waals surface area contributed by atoms with Crippen molar-refractivity contribution in [1.82, 2.24) is 0 Å². The Balaban J connectivity index is 2.15. The Morgan fingerprint density at radius 2 is 2.13 bits per heavy atom. The minimum absolute atomic E-state index is 0.194. The number of aliphatic hydroxyl groups is 2. The van der Waals surface area contributed by atoms with E-state index in [1.165, 1.54) is 0 Å². The zero-order chi connectivity index (χ0) is 10.8. The molecule has 2 fully saturated rings. The van der Waals surface area contributed by atoms with Gasteiger partial charge in [0.25, 0.3) is 0 Å². The third-order valence-electron chi connectivity index (χ3n) is 3.74. The van der Waals surface area contributed by atoms with Crippen LogP contribution in [0.2, 0.25) is 0 Å². The number of rotatable bonds is 0. The van der Waals surface area contributed by atoms with Crippen molar-refractivity contribution in [3.63, 3.8) is 0 Å². The van der Waals surface area contributed by atoms with E-state index in [9.17, 15) is 15.0 Å². The fraction of sp³-hybridized carbons (Fsp3) is 0.700. The van der Waals surface area contributed by atoms with Crippen LogP contribution in [0.3, 0.4) is 0 Å². The molecular weight excluding hydrogens is 200 g/mol. The van der Waals surface area contributed by atoms with Crippen LogP contribution in [0.5, 0.6) is 0 Å². The van der Waals surface area contributed by atoms with Crippen LogP contribution in [0.1, 0.15) is 6.92 Å². The zero-order valence-electron chi connectivity index (χ0n) is 8.16. The molecular formula is C10H12O5. The smallest absolute Gasteiger partial charge is 0.320 e. The molecule has 2 heterocycles. The molecule has 0 saturated carbocycles. The van der Waals surface area contributed by atoms with Crippen molar-refractivity contribution in [3.8, 4) is 0 Å². The first kappa shape index (κ1) is 9.33. The van der Waals surface area contributed by atoms with Crippen molar-refractivity contribution >= 4 is 5.97 Å². The predicted molar refractivity (Wildman–Crippen MR) is 47.5 cm³/mol. The quantitative estimate of drug-likeness (QED) is 0.405. The van der Waals surface area contributed by atoms with Crippen LogP contribution >= 0.6 is 0 Å². The van der Waals surface area contributed by atoms with Crippen molar-refractivity contribution in [3.05, 3.63) is 12.2 Å². The maximum atomic E-state index is 11.8. The van der Waals surface area contributed by atoms with E-state index in [0.29, 0.717) is 0 Å². The van der Waals surface area contributed by atoms with Gasteiger partial charge in [-0.2, -0.15) is 0 Å². The Hall–Kier alpha value is -0.910. The second kappa shape index (κ2) is 2.61. The second-order valence-electron chi connectivity index (χ2n) is 4.37. The molecule has 3 rings (SSSR count). The van der Waals surface area contributed by atoms with E-state index < -0.39 is 36.0 Å². The van der Waals surface area contributed by atoms with E-state index in [0.717, 1.165) is 0 Å². The number of hydrogen-bond donors (Lipinski definition) is 2. The largest absolute Gasteiger partial charge is 0.432 e. The van der Waals surface area contributed by atoms with E-state index in [4.69, 9.17) is 9.47 Å². The summed E-state index contributed by atoms with van der Waals surface area (Å²) >= 11 is 0. The van der Waals surface area contributed by atoms with Gasteiger partial charge in [0.1, 0.15) is 17.6 Å². The molecule has 2 aliphatic heterocycles. The lowest BCUT2D eigenvalue weighted by Crippen LogP contribution is -2.55. The van der Waals surface area contributed by atoms with Gasteiger partial charge in [0.05, 0.1) is 6.10 Å². The monoisotopic (exact) mass is 212 g/mol. The summed E-state index contributed by atoms with van der Waals surface area (Å²) in [5.41, 5.74) is -1.11. The standard InChI is InChI=1S/C10H12O5/c1-4-2-3-5(11)7-10(4)6(12)8(14-7)15-9(10)13/h2-8,11-12H,1H3/t4-,5+,6+,7?,8?,10?/m1/s1. The summed E-state index contributed by atoms with van der Waals surface area (Å²) in [6.45, 7) is 1.82. The molecule has 2 N–H and O–H groups in total. The minimum Gasteiger partial charge on any atom is -0.432 e. The Morgan fingerprint density at radius 3 is 2.73 bits per heavy atom. The third-order valence-corrected chi connectivity index (χ3v) is 3.74. The van der Waals surface area contributed by atoms with Gasteiger partial charge in [-0.25, -0.2) is 0 Å². The molecule has 1 spiro atoms. The van der Waals surface area contributed by atoms with Crippen LogP contribution in [-0.4, -0.2) is 40.8 Å². The van der Waals surface area contributed by atoms with Crippen molar-refractivity contribution in [2.45, 2.75) is 31.5 Å². The average molecular weight is 212 g/mol. The Morgan fingerprint density at radius 1 is 1.40 bits per heavy atom. The molecule has 2 bridgehead atoms. The predicted octanol–water partition coefficient (Wildman–Crippen LogP) is -0.818. The molecule has 2 saturated heterocycles. The zero-order valence-corrected chi connectivity index (χ0v) is 8.16. The number of ether oxygens (including phenoxy) is 2. The number of hydrogen-bond acceptors (Lipinski definition) is 5. The van der Waals surface area contributed by atoms with E-state index in [1.54, 1.807) is 12.2 Å². The highest BCUT2D eigenvalue weighted by atomic mass is 16.7. The highest BCUT2D eigenvalue weighted by molar-refractivity contribution is 5.83. The molecule has 0 aromatic rings. The number of aliphatic hydroxyl groups excluding tert-OH is 2. The van der Waals surface area contributed by atoms with Gasteiger partial charge in [0.2, 0.25) is 6.29 Å². The lowest BCUT2D eigenvalue weighted by Gasteiger charge is -2.40. The summed E-state index contributed by atoms with van der Waals surface area (Å²) in [6.07, 6.45) is -0.110. The summed E-state index contributed by atoms with van der Waals surface area (Å²) in [5, 5.41) is 19.7. The van der Waals surface area contributed by atoms with Crippen LogP contribution in [0.15, 0.2) is 12.2 Å². The van der Waals surface area contributed by atoms with Crippen LogP contribution in [0.25, 0.3) is 0 Å². The Labute approximate surface area is 86.3 Å². The molecule has 0 amide bonds. The van der Waals surface area contributed by atoms with E-state index in [2.05, 4.69) is 0 Å². The molecule has 0 aromatic carbocycles. The summed E-state index contributed by atoms with van der Waals surface area (Å²) < 4.78 is 10.2. The number of carbonyl (C=O) groups excluding carboxylic acids is 1. The first-order chi connectivity index (χ1) is 7.08. The summed E-state index contributed by atoms with van der Waals surface area (Å²) in [6, 6.07) is 0. The van der Waals surface area contributed by atoms with Crippen LogP contribution in [0.4, 0.5) is 0 Å². The summed E-state index contributed by atoms with van der Waals surface area (Å²) in [4.78, 5) is 11.8. The summed E-state index contributed by atoms with van der Waals surface area (Å²) in [7, 11) is 0. The van der Waals surface area contributed by atoms with Gasteiger partial charge in [-0.05, 0) is 5.92 Å². The number of allylic oxidation sites excluding steroid dienone is 1. The maximum Gasteiger partial charge on any atom is 0.320 e. The van der Waals surface area contributed by atoms with Gasteiger partial charge in [0.15, 0.2) is 0 Å². The molecule has 6 atom stereocenters. The Bertz CT molecular complexity index is 352. The Kier molecular flexibility index (Phi) is 1.62. The summed E-state index contributed by atoms with van der Waals surface area (Å²) in [5.74, 6) is -0.659. The topological polar surface area (TPSA) is 76.0 Å². The third kappa shape index (κ3) is 0.828. The molecule has 5 heteroatoms. The highest BCUT2D eigenvalue weighted by Crippen LogP contribution is 2.54. The first-order valence-corrected chi connectivity index (χ1v) is 4.99. The highest BCUT2D eigenvalue weighted by Gasteiger charge is 2.72. The van der Waals surface area contributed by atoms with Crippen molar-refractivity contribution in [1.29, 1.82) is 0 Å². The van der Waals surface area contributed by atoms with E-state index in [-0.39, 0.29) is 5.92 Å². The molecule has 1 aliphatic carbocycles. The molecule has 82 valence electrons. The van der Waals surface area contributed by atoms with Crippen LogP contribution in [-0.2, 0) is 14.3 Å². The van der Waals surface area contributed by atoms with Gasteiger partial charge in [-0.3, -0.25) is 4.79 Å². The number of carbonyl (C=O) groups is 1. The SMILES string of the molecule is C[C@@H]1C=C[C@H](O)C2OC3OC(=O)C21[C@H]3O. The van der Waals surface area contributed by atoms with Gasteiger partial charge in [0, 0.05) is 0 Å². The van der Waals surface area contributed by atoms with Gasteiger partial charge in [-0.1, -0.05) is 19.1 Å². The lowest BCUT2D eigenvalue weighted by molar-refractivity contribution is -0.212. The minimum atomic E-state index is -1.11. The van der Waals surface area contributed by atoms with E-state index in [1.807, 2.05) is 6.92 Å². The normalized spacial score (nSPS) is 56.7. The molecule has 3 aliphatic rings. The van der Waals surface area contributed by atoms with E-state index >= 15 is 0 Å². The van der Waals surface area contributed by atoms with Crippen LogP contribution in [0, 0.1) is 11.3 Å². The first-order valence-electron chi connectivity index (χ1n) is 4.99. The van der Waals surface area contributed by atoms with Gasteiger partial charge < -0.3 is 19.7 Å². The second-order valence-corrected chi connectivity index (χ2v) is 4.37. The lowest BCUT2D eigenvalue weighted by atomic mass is 9.66. The maximum absolute atomic E-state index is 11.8. The molecule has 3 unspecified atom stereocenters. The molecule has 5 nitrogen and oxygen atoms in total.